The van der Waals surface area contributed by atoms with Gasteiger partial charge in [0.1, 0.15) is 11.6 Å². The van der Waals surface area contributed by atoms with Gasteiger partial charge in [-0.3, -0.25) is 9.48 Å². The van der Waals surface area contributed by atoms with E-state index >= 15 is 0 Å². The van der Waals surface area contributed by atoms with Gasteiger partial charge in [-0.2, -0.15) is 23.4 Å². The highest BCUT2D eigenvalue weighted by atomic mass is 19.4. The number of anilines is 2. The summed E-state index contributed by atoms with van der Waals surface area (Å²) < 4.78 is 49.1. The summed E-state index contributed by atoms with van der Waals surface area (Å²) in [5.74, 6) is -0.154. The molecular formula is C23H21F3N6O2. The Balaban J connectivity index is 1.34. The number of fused-ring (bicyclic) bond motifs is 1. The second-order valence-electron chi connectivity index (χ2n) is 8.17. The molecule has 0 fully saturated rings. The molecule has 4 aromatic rings. The second-order valence-corrected chi connectivity index (χ2v) is 8.17. The number of benzene rings is 1. The van der Waals surface area contributed by atoms with Gasteiger partial charge in [-0.05, 0) is 30.2 Å². The number of hydrogen-bond acceptors (Lipinski definition) is 5. The Morgan fingerprint density at radius 1 is 1.26 bits per heavy atom. The third kappa shape index (κ3) is 4.28. The van der Waals surface area contributed by atoms with Crippen LogP contribution in [0, 0.1) is 6.92 Å². The molecule has 34 heavy (non-hydrogen) atoms. The summed E-state index contributed by atoms with van der Waals surface area (Å²) in [6.07, 6.45) is -0.305. The van der Waals surface area contributed by atoms with Gasteiger partial charge < -0.3 is 15.1 Å². The SMILES string of the molecule is Cc1ccccc1Cn1cc(NC(=O)c2cc3n(n2)[C@@H](C(F)(F)F)C[C@H](c2ccco2)N3)cn1. The second kappa shape index (κ2) is 8.40. The van der Waals surface area contributed by atoms with Gasteiger partial charge in [0, 0.05) is 18.7 Å². The first-order valence-electron chi connectivity index (χ1n) is 10.6. The van der Waals surface area contributed by atoms with Crippen LogP contribution in [0.5, 0.6) is 0 Å². The Labute approximate surface area is 192 Å². The molecular weight excluding hydrogens is 449 g/mol. The molecule has 0 bridgehead atoms. The predicted molar refractivity (Wildman–Crippen MR) is 117 cm³/mol. The maximum atomic E-state index is 13.8. The lowest BCUT2D eigenvalue weighted by molar-refractivity contribution is -0.174. The van der Waals surface area contributed by atoms with Crippen LogP contribution in [0.25, 0.3) is 0 Å². The standard InChI is InChI=1S/C23H21F3N6O2/c1-14-5-2-3-6-15(14)12-31-13-16(11-27-31)28-22(33)18-10-21-29-17(19-7-4-8-34-19)9-20(23(24,25)26)32(21)30-18/h2-8,10-11,13,17,20,29H,9,12H2,1H3,(H,28,33)/t17-,20-/m1/s1. The van der Waals surface area contributed by atoms with Crippen molar-refractivity contribution < 1.29 is 22.4 Å². The van der Waals surface area contributed by atoms with Crippen LogP contribution in [-0.4, -0.2) is 31.6 Å². The molecule has 0 spiro atoms. The maximum Gasteiger partial charge on any atom is 0.410 e. The number of halogens is 3. The monoisotopic (exact) mass is 470 g/mol. The number of nitrogens with one attached hydrogen (secondary N) is 2. The summed E-state index contributed by atoms with van der Waals surface area (Å²) in [6, 6.07) is 9.83. The number of aryl methyl sites for hydroxylation is 1. The summed E-state index contributed by atoms with van der Waals surface area (Å²) >= 11 is 0. The van der Waals surface area contributed by atoms with Crippen LogP contribution < -0.4 is 10.6 Å². The molecule has 1 aliphatic heterocycles. The van der Waals surface area contributed by atoms with Gasteiger partial charge in [-0.15, -0.1) is 0 Å². The molecule has 1 amide bonds. The van der Waals surface area contributed by atoms with E-state index < -0.39 is 24.2 Å². The highest BCUT2D eigenvalue weighted by Gasteiger charge is 2.47. The molecule has 0 saturated carbocycles. The minimum absolute atomic E-state index is 0.0929. The van der Waals surface area contributed by atoms with Gasteiger partial charge in [0.25, 0.3) is 5.91 Å². The zero-order chi connectivity index (χ0) is 23.9. The predicted octanol–water partition coefficient (Wildman–Crippen LogP) is 4.94. The number of rotatable bonds is 5. The number of carbonyl (C=O) groups excluding carboxylic acids is 1. The van der Waals surface area contributed by atoms with Crippen molar-refractivity contribution in [2.75, 3.05) is 10.6 Å². The summed E-state index contributed by atoms with van der Waals surface area (Å²) in [6.45, 7) is 2.52. The van der Waals surface area contributed by atoms with E-state index in [9.17, 15) is 18.0 Å². The van der Waals surface area contributed by atoms with E-state index in [4.69, 9.17) is 4.42 Å². The lowest BCUT2D eigenvalue weighted by Crippen LogP contribution is -2.35. The fraction of sp³-hybridized carbons (Fsp3) is 0.261. The molecule has 5 rings (SSSR count). The van der Waals surface area contributed by atoms with E-state index in [1.807, 2.05) is 31.2 Å². The lowest BCUT2D eigenvalue weighted by Gasteiger charge is -2.32. The van der Waals surface area contributed by atoms with Crippen LogP contribution >= 0.6 is 0 Å². The number of nitrogens with zero attached hydrogens (tertiary/aromatic N) is 4. The van der Waals surface area contributed by atoms with Crippen molar-refractivity contribution in [2.45, 2.75) is 38.1 Å². The molecule has 0 saturated heterocycles. The van der Waals surface area contributed by atoms with Gasteiger partial charge in [0.15, 0.2) is 11.7 Å². The van der Waals surface area contributed by atoms with Crippen molar-refractivity contribution in [3.8, 4) is 0 Å². The molecule has 1 aromatic carbocycles. The van der Waals surface area contributed by atoms with E-state index in [0.717, 1.165) is 15.8 Å². The van der Waals surface area contributed by atoms with Gasteiger partial charge in [-0.25, -0.2) is 4.68 Å². The third-order valence-electron chi connectivity index (χ3n) is 5.79. The Hall–Kier alpha value is -4.02. The first-order chi connectivity index (χ1) is 16.3. The topological polar surface area (TPSA) is 89.9 Å². The van der Waals surface area contributed by atoms with Crippen molar-refractivity contribution in [3.05, 3.63) is 83.7 Å². The molecule has 0 radical (unpaired) electrons. The molecule has 1 aliphatic rings. The number of alkyl halides is 3. The van der Waals surface area contributed by atoms with E-state index in [0.29, 0.717) is 18.0 Å². The summed E-state index contributed by atoms with van der Waals surface area (Å²) in [5.41, 5.74) is 2.48. The van der Waals surface area contributed by atoms with Crippen LogP contribution in [0.3, 0.4) is 0 Å². The average Bonchev–Trinajstić information content (AvgIpc) is 3.54. The molecule has 176 valence electrons. The Morgan fingerprint density at radius 3 is 2.82 bits per heavy atom. The van der Waals surface area contributed by atoms with Crippen molar-refractivity contribution in [3.63, 3.8) is 0 Å². The van der Waals surface area contributed by atoms with E-state index in [-0.39, 0.29) is 17.9 Å². The summed E-state index contributed by atoms with van der Waals surface area (Å²) in [4.78, 5) is 12.8. The number of amides is 1. The van der Waals surface area contributed by atoms with Gasteiger partial charge in [-0.1, -0.05) is 24.3 Å². The quantitative estimate of drug-likeness (QED) is 0.431. The molecule has 0 unspecified atom stereocenters. The highest BCUT2D eigenvalue weighted by molar-refractivity contribution is 6.03. The largest absolute Gasteiger partial charge is 0.467 e. The van der Waals surface area contributed by atoms with Crippen molar-refractivity contribution in [1.29, 1.82) is 0 Å². The minimum atomic E-state index is -4.54. The number of furan rings is 1. The van der Waals surface area contributed by atoms with Gasteiger partial charge in [0.05, 0.1) is 30.7 Å². The van der Waals surface area contributed by atoms with Crippen molar-refractivity contribution in [2.24, 2.45) is 0 Å². The highest BCUT2D eigenvalue weighted by Crippen LogP contribution is 2.43. The molecule has 11 heteroatoms. The molecule has 2 N–H and O–H groups in total. The van der Waals surface area contributed by atoms with Crippen molar-refractivity contribution >= 4 is 17.4 Å². The molecule has 2 atom stereocenters. The first kappa shape index (κ1) is 21.8. The van der Waals surface area contributed by atoms with Crippen LogP contribution in [0.4, 0.5) is 24.7 Å². The Morgan fingerprint density at radius 2 is 2.09 bits per heavy atom. The number of aromatic nitrogens is 4. The average molecular weight is 470 g/mol. The van der Waals surface area contributed by atoms with Gasteiger partial charge >= 0.3 is 6.18 Å². The van der Waals surface area contributed by atoms with Crippen LogP contribution in [0.2, 0.25) is 0 Å². The molecule has 0 aliphatic carbocycles. The van der Waals surface area contributed by atoms with E-state index in [1.54, 1.807) is 23.0 Å². The zero-order valence-electron chi connectivity index (χ0n) is 18.1. The van der Waals surface area contributed by atoms with Crippen LogP contribution in [-0.2, 0) is 6.54 Å². The van der Waals surface area contributed by atoms with Crippen LogP contribution in [0.1, 0.15) is 45.9 Å². The van der Waals surface area contributed by atoms with E-state index in [1.165, 1.54) is 18.5 Å². The van der Waals surface area contributed by atoms with Crippen molar-refractivity contribution in [1.82, 2.24) is 19.6 Å². The lowest BCUT2D eigenvalue weighted by atomic mass is 10.0. The number of hydrogen-bond donors (Lipinski definition) is 2. The Bertz CT molecular complexity index is 1310. The molecule has 8 nitrogen and oxygen atoms in total. The van der Waals surface area contributed by atoms with Crippen LogP contribution in [0.15, 0.2) is 65.5 Å². The van der Waals surface area contributed by atoms with E-state index in [2.05, 4.69) is 20.8 Å². The fourth-order valence-corrected chi connectivity index (χ4v) is 4.03. The normalized spacial score (nSPS) is 17.8. The molecule has 3 aromatic heterocycles. The Kier molecular flexibility index (Phi) is 5.39. The molecule has 4 heterocycles. The minimum Gasteiger partial charge on any atom is -0.467 e. The fourth-order valence-electron chi connectivity index (χ4n) is 4.03. The number of carbonyl (C=O) groups is 1. The smallest absolute Gasteiger partial charge is 0.410 e. The first-order valence-corrected chi connectivity index (χ1v) is 10.6. The maximum absolute atomic E-state index is 13.8. The zero-order valence-corrected chi connectivity index (χ0v) is 18.1. The third-order valence-corrected chi connectivity index (χ3v) is 5.79. The summed E-state index contributed by atoms with van der Waals surface area (Å²) in [7, 11) is 0. The summed E-state index contributed by atoms with van der Waals surface area (Å²) in [5, 5.41) is 13.9. The van der Waals surface area contributed by atoms with Gasteiger partial charge in [0.2, 0.25) is 0 Å².